The lowest BCUT2D eigenvalue weighted by molar-refractivity contribution is -0.121. The van der Waals surface area contributed by atoms with Crippen molar-refractivity contribution in [2.75, 3.05) is 37.9 Å². The fourth-order valence-corrected chi connectivity index (χ4v) is 3.75. The first-order valence-electron chi connectivity index (χ1n) is 9.61. The van der Waals surface area contributed by atoms with E-state index in [0.29, 0.717) is 31.1 Å². The molecule has 0 saturated carbocycles. The molecule has 1 aromatic carbocycles. The van der Waals surface area contributed by atoms with E-state index >= 15 is 0 Å². The van der Waals surface area contributed by atoms with E-state index in [1.165, 1.54) is 18.4 Å². The van der Waals surface area contributed by atoms with Crippen molar-refractivity contribution in [2.45, 2.75) is 32.1 Å². The highest BCUT2D eigenvalue weighted by atomic mass is 16.7. The van der Waals surface area contributed by atoms with Crippen LogP contribution in [-0.2, 0) is 4.79 Å². The van der Waals surface area contributed by atoms with Crippen LogP contribution in [-0.4, -0.2) is 49.8 Å². The predicted octanol–water partition coefficient (Wildman–Crippen LogP) is 2.66. The van der Waals surface area contributed by atoms with Crippen LogP contribution in [0.25, 0.3) is 0 Å². The summed E-state index contributed by atoms with van der Waals surface area (Å²) in [6.45, 7) is 2.03. The Morgan fingerprint density at radius 1 is 1.15 bits per heavy atom. The Morgan fingerprint density at radius 2 is 2.04 bits per heavy atom. The van der Waals surface area contributed by atoms with Crippen LogP contribution < -0.4 is 19.7 Å². The van der Waals surface area contributed by atoms with Crippen LogP contribution in [0, 0.1) is 0 Å². The molecular weight excluding hydrogens is 346 g/mol. The highest BCUT2D eigenvalue weighted by molar-refractivity contribution is 5.96. The van der Waals surface area contributed by atoms with E-state index in [0.717, 1.165) is 24.9 Å². The fourth-order valence-electron chi connectivity index (χ4n) is 3.75. The molecule has 0 atom stereocenters. The molecule has 0 aromatic heterocycles. The van der Waals surface area contributed by atoms with Crippen molar-refractivity contribution in [3.63, 3.8) is 0 Å². The lowest BCUT2D eigenvalue weighted by atomic mass is 9.97. The molecule has 1 fully saturated rings. The van der Waals surface area contributed by atoms with Gasteiger partial charge in [0.2, 0.25) is 12.7 Å². The zero-order valence-electron chi connectivity index (χ0n) is 15.4. The predicted molar refractivity (Wildman–Crippen MR) is 101 cm³/mol. The maximum atomic E-state index is 12.7. The van der Waals surface area contributed by atoms with Crippen LogP contribution in [0.3, 0.4) is 0 Å². The van der Waals surface area contributed by atoms with E-state index in [1.807, 2.05) is 12.1 Å². The van der Waals surface area contributed by atoms with Gasteiger partial charge in [0.15, 0.2) is 11.5 Å². The summed E-state index contributed by atoms with van der Waals surface area (Å²) in [5, 5.41) is 2.94. The second-order valence-corrected chi connectivity index (χ2v) is 7.10. The number of rotatable bonds is 6. The molecule has 2 heterocycles. The Hall–Kier alpha value is -2.70. The molecular formula is C20H25N3O4. The SMILES string of the molecule is O=C(CN1CCN(c2ccc3c(c2)OCO3)C1=O)NCCC1=CCCCC1. The number of allylic oxidation sites excluding steroid dienone is 1. The van der Waals surface area contributed by atoms with Gasteiger partial charge < -0.3 is 19.7 Å². The Bertz CT molecular complexity index is 762. The number of amides is 3. The third-order valence-electron chi connectivity index (χ3n) is 5.25. The minimum Gasteiger partial charge on any atom is -0.454 e. The van der Waals surface area contributed by atoms with Gasteiger partial charge in [-0.15, -0.1) is 0 Å². The highest BCUT2D eigenvalue weighted by Gasteiger charge is 2.31. The zero-order chi connectivity index (χ0) is 18.6. The van der Waals surface area contributed by atoms with Gasteiger partial charge >= 0.3 is 6.03 Å². The highest BCUT2D eigenvalue weighted by Crippen LogP contribution is 2.36. The third kappa shape index (κ3) is 4.02. The van der Waals surface area contributed by atoms with E-state index in [4.69, 9.17) is 9.47 Å². The van der Waals surface area contributed by atoms with Crippen molar-refractivity contribution in [2.24, 2.45) is 0 Å². The quantitative estimate of drug-likeness (QED) is 0.781. The smallest absolute Gasteiger partial charge is 0.325 e. The first kappa shape index (κ1) is 17.7. The van der Waals surface area contributed by atoms with Gasteiger partial charge in [-0.25, -0.2) is 4.79 Å². The number of urea groups is 1. The average molecular weight is 371 g/mol. The maximum absolute atomic E-state index is 12.7. The molecule has 7 nitrogen and oxygen atoms in total. The van der Waals surface area contributed by atoms with Gasteiger partial charge in [0.25, 0.3) is 0 Å². The summed E-state index contributed by atoms with van der Waals surface area (Å²) in [6.07, 6.45) is 8.02. The van der Waals surface area contributed by atoms with Gasteiger partial charge in [0.1, 0.15) is 6.54 Å². The van der Waals surface area contributed by atoms with E-state index in [2.05, 4.69) is 11.4 Å². The molecule has 1 aliphatic carbocycles. The normalized spacial score (nSPS) is 18.7. The second-order valence-electron chi connectivity index (χ2n) is 7.10. The number of nitrogens with one attached hydrogen (secondary N) is 1. The number of fused-ring (bicyclic) bond motifs is 1. The lowest BCUT2D eigenvalue weighted by Crippen LogP contribution is -2.40. The lowest BCUT2D eigenvalue weighted by Gasteiger charge is -2.19. The molecule has 7 heteroatoms. The molecule has 144 valence electrons. The van der Waals surface area contributed by atoms with Gasteiger partial charge in [-0.1, -0.05) is 11.6 Å². The summed E-state index contributed by atoms with van der Waals surface area (Å²) in [4.78, 5) is 28.1. The van der Waals surface area contributed by atoms with Gasteiger partial charge in [-0.2, -0.15) is 0 Å². The number of benzene rings is 1. The molecule has 4 rings (SSSR count). The molecule has 0 spiro atoms. The monoisotopic (exact) mass is 371 g/mol. The number of carbonyl (C=O) groups excluding carboxylic acids is 2. The molecule has 0 radical (unpaired) electrons. The van der Waals surface area contributed by atoms with Crippen molar-refractivity contribution in [1.29, 1.82) is 0 Å². The summed E-state index contributed by atoms with van der Waals surface area (Å²) in [7, 11) is 0. The van der Waals surface area contributed by atoms with E-state index in [-0.39, 0.29) is 25.3 Å². The third-order valence-corrected chi connectivity index (χ3v) is 5.25. The summed E-state index contributed by atoms with van der Waals surface area (Å²) in [5.74, 6) is 1.23. The molecule has 1 saturated heterocycles. The van der Waals surface area contributed by atoms with Crippen LogP contribution in [0.5, 0.6) is 11.5 Å². The minimum atomic E-state index is -0.154. The Balaban J connectivity index is 1.27. The Labute approximate surface area is 158 Å². The standard InChI is InChI=1S/C20H25N3O4/c24-19(21-9-8-15-4-2-1-3-5-15)13-22-10-11-23(20(22)25)16-6-7-17-18(12-16)27-14-26-17/h4,6-7,12H,1-3,5,8-11,13-14H2,(H,21,24). The summed E-state index contributed by atoms with van der Waals surface area (Å²) < 4.78 is 10.7. The van der Waals surface area contributed by atoms with Gasteiger partial charge in [-0.3, -0.25) is 9.69 Å². The topological polar surface area (TPSA) is 71.1 Å². The Kier molecular flexibility index (Phi) is 5.18. The molecule has 1 N–H and O–H groups in total. The zero-order valence-corrected chi connectivity index (χ0v) is 15.4. The number of anilines is 1. The number of carbonyl (C=O) groups is 2. The van der Waals surface area contributed by atoms with Crippen molar-refractivity contribution in [3.8, 4) is 11.5 Å². The largest absolute Gasteiger partial charge is 0.454 e. The van der Waals surface area contributed by atoms with Crippen LogP contribution in [0.2, 0.25) is 0 Å². The molecule has 3 aliphatic rings. The molecule has 3 amide bonds. The summed E-state index contributed by atoms with van der Waals surface area (Å²) >= 11 is 0. The van der Waals surface area contributed by atoms with Crippen molar-refractivity contribution >= 4 is 17.6 Å². The van der Waals surface area contributed by atoms with Crippen molar-refractivity contribution < 1.29 is 19.1 Å². The minimum absolute atomic E-state index is 0.0962. The van der Waals surface area contributed by atoms with Crippen LogP contribution in [0.1, 0.15) is 32.1 Å². The fraction of sp³-hybridized carbons (Fsp3) is 0.500. The first-order chi connectivity index (χ1) is 13.2. The number of ether oxygens (including phenoxy) is 2. The van der Waals surface area contributed by atoms with Crippen LogP contribution in [0.15, 0.2) is 29.8 Å². The Morgan fingerprint density at radius 3 is 2.89 bits per heavy atom. The van der Waals surface area contributed by atoms with Crippen molar-refractivity contribution in [3.05, 3.63) is 29.8 Å². The average Bonchev–Trinajstić information content (AvgIpc) is 3.29. The first-order valence-corrected chi connectivity index (χ1v) is 9.61. The van der Waals surface area contributed by atoms with Gasteiger partial charge in [0, 0.05) is 31.4 Å². The molecule has 27 heavy (non-hydrogen) atoms. The number of nitrogens with zero attached hydrogens (tertiary/aromatic N) is 2. The number of hydrogen-bond acceptors (Lipinski definition) is 4. The molecule has 2 aliphatic heterocycles. The number of hydrogen-bond donors (Lipinski definition) is 1. The van der Waals surface area contributed by atoms with Crippen LogP contribution >= 0.6 is 0 Å². The summed E-state index contributed by atoms with van der Waals surface area (Å²) in [6, 6.07) is 5.30. The van der Waals surface area contributed by atoms with E-state index in [9.17, 15) is 9.59 Å². The van der Waals surface area contributed by atoms with Crippen molar-refractivity contribution in [1.82, 2.24) is 10.2 Å². The van der Waals surface area contributed by atoms with E-state index < -0.39 is 0 Å². The second kappa shape index (κ2) is 7.90. The summed E-state index contributed by atoms with van der Waals surface area (Å²) in [5.41, 5.74) is 2.20. The maximum Gasteiger partial charge on any atom is 0.325 e. The molecule has 1 aromatic rings. The molecule has 0 unspecified atom stereocenters. The van der Waals surface area contributed by atoms with E-state index in [1.54, 1.807) is 15.9 Å². The van der Waals surface area contributed by atoms with Crippen LogP contribution in [0.4, 0.5) is 10.5 Å². The van der Waals surface area contributed by atoms with Gasteiger partial charge in [-0.05, 0) is 44.2 Å². The molecule has 0 bridgehead atoms. The van der Waals surface area contributed by atoms with Gasteiger partial charge in [0.05, 0.1) is 0 Å².